The van der Waals surface area contributed by atoms with Crippen molar-refractivity contribution in [3.8, 4) is 5.75 Å². The van der Waals surface area contributed by atoms with Gasteiger partial charge in [-0.25, -0.2) is 4.90 Å². The SMILES string of the molecule is O=C1C2=C(CCCC2)C(=O)N1c1ccc2c(c1Cl)CC(c1ccccn1)O2. The van der Waals surface area contributed by atoms with Crippen LogP contribution in [0.2, 0.25) is 5.02 Å². The zero-order valence-corrected chi connectivity index (χ0v) is 15.3. The van der Waals surface area contributed by atoms with Crippen molar-refractivity contribution < 1.29 is 14.3 Å². The fourth-order valence-corrected chi connectivity index (χ4v) is 4.45. The summed E-state index contributed by atoms with van der Waals surface area (Å²) in [4.78, 5) is 31.3. The predicted octanol–water partition coefficient (Wildman–Crippen LogP) is 4.16. The van der Waals surface area contributed by atoms with Crippen LogP contribution in [0.4, 0.5) is 5.69 Å². The summed E-state index contributed by atoms with van der Waals surface area (Å²) in [5.41, 5.74) is 3.41. The lowest BCUT2D eigenvalue weighted by Gasteiger charge is -2.18. The summed E-state index contributed by atoms with van der Waals surface area (Å²) in [6.07, 6.45) is 5.31. The standard InChI is InChI=1S/C21H17ClN2O3/c22-19-14-11-18(15-7-3-4-10-23-15)27-17(14)9-8-16(19)24-20(25)12-5-1-2-6-13(12)21(24)26/h3-4,7-10,18H,1-2,5-6,11H2. The summed E-state index contributed by atoms with van der Waals surface area (Å²) in [5, 5.41) is 0.410. The van der Waals surface area contributed by atoms with Crippen LogP contribution in [-0.4, -0.2) is 16.8 Å². The van der Waals surface area contributed by atoms with E-state index < -0.39 is 0 Å². The molecule has 3 aliphatic rings. The van der Waals surface area contributed by atoms with Gasteiger partial charge in [0, 0.05) is 29.3 Å². The second kappa shape index (κ2) is 6.20. The van der Waals surface area contributed by atoms with Crippen molar-refractivity contribution in [3.63, 3.8) is 0 Å². The Kier molecular flexibility index (Phi) is 3.79. The van der Waals surface area contributed by atoms with Crippen molar-refractivity contribution >= 4 is 29.1 Å². The second-order valence-corrected chi connectivity index (χ2v) is 7.43. The van der Waals surface area contributed by atoms with Gasteiger partial charge in [-0.1, -0.05) is 17.7 Å². The predicted molar refractivity (Wildman–Crippen MR) is 101 cm³/mol. The Bertz CT molecular complexity index is 972. The number of rotatable bonds is 2. The molecular weight excluding hydrogens is 364 g/mol. The van der Waals surface area contributed by atoms with E-state index in [2.05, 4.69) is 4.98 Å². The molecule has 5 rings (SSSR count). The number of aromatic nitrogens is 1. The van der Waals surface area contributed by atoms with Crippen LogP contribution in [0.5, 0.6) is 5.75 Å². The van der Waals surface area contributed by atoms with Gasteiger partial charge in [-0.15, -0.1) is 0 Å². The number of halogens is 1. The van der Waals surface area contributed by atoms with Crippen LogP contribution in [-0.2, 0) is 16.0 Å². The first-order valence-corrected chi connectivity index (χ1v) is 9.52. The van der Waals surface area contributed by atoms with Gasteiger partial charge in [0.2, 0.25) is 0 Å². The first-order valence-electron chi connectivity index (χ1n) is 9.15. The maximum Gasteiger partial charge on any atom is 0.261 e. The number of carbonyl (C=O) groups excluding carboxylic acids is 2. The summed E-state index contributed by atoms with van der Waals surface area (Å²) in [5.74, 6) is 0.227. The Hall–Kier alpha value is -2.66. The maximum absolute atomic E-state index is 12.8. The molecule has 27 heavy (non-hydrogen) atoms. The van der Waals surface area contributed by atoms with Crippen LogP contribution < -0.4 is 9.64 Å². The van der Waals surface area contributed by atoms with Crippen LogP contribution in [0, 0.1) is 0 Å². The lowest BCUT2D eigenvalue weighted by molar-refractivity contribution is -0.120. The van der Waals surface area contributed by atoms with E-state index in [1.807, 2.05) is 18.2 Å². The quantitative estimate of drug-likeness (QED) is 0.734. The van der Waals surface area contributed by atoms with E-state index in [9.17, 15) is 9.59 Å². The maximum atomic E-state index is 12.8. The first kappa shape index (κ1) is 16.5. The number of hydrogen-bond acceptors (Lipinski definition) is 4. The molecule has 1 aromatic heterocycles. The average Bonchev–Trinajstić information content (AvgIpc) is 3.25. The molecule has 0 spiro atoms. The number of amides is 2. The Morgan fingerprint density at radius 3 is 2.44 bits per heavy atom. The molecule has 2 amide bonds. The van der Waals surface area contributed by atoms with Crippen molar-refractivity contribution in [2.75, 3.05) is 4.90 Å². The molecule has 0 bridgehead atoms. The summed E-state index contributed by atoms with van der Waals surface area (Å²) in [6.45, 7) is 0. The van der Waals surface area contributed by atoms with Gasteiger partial charge >= 0.3 is 0 Å². The number of pyridine rings is 1. The van der Waals surface area contributed by atoms with Crippen molar-refractivity contribution in [1.82, 2.24) is 4.98 Å². The summed E-state index contributed by atoms with van der Waals surface area (Å²) in [6, 6.07) is 9.18. The Morgan fingerprint density at radius 1 is 1.04 bits per heavy atom. The zero-order valence-electron chi connectivity index (χ0n) is 14.6. The van der Waals surface area contributed by atoms with E-state index in [4.69, 9.17) is 16.3 Å². The van der Waals surface area contributed by atoms with Gasteiger partial charge in [0.25, 0.3) is 11.8 Å². The Morgan fingerprint density at radius 2 is 1.78 bits per heavy atom. The molecule has 2 aliphatic heterocycles. The van der Waals surface area contributed by atoms with E-state index in [1.165, 1.54) is 4.90 Å². The molecule has 136 valence electrons. The molecule has 6 heteroatoms. The molecular formula is C21H17ClN2O3. The molecule has 1 unspecified atom stereocenters. The van der Waals surface area contributed by atoms with E-state index >= 15 is 0 Å². The smallest absolute Gasteiger partial charge is 0.261 e. The van der Waals surface area contributed by atoms with Crippen LogP contribution in [0.15, 0.2) is 47.7 Å². The molecule has 2 aromatic rings. The lowest BCUT2D eigenvalue weighted by atomic mass is 9.93. The van der Waals surface area contributed by atoms with E-state index in [-0.39, 0.29) is 17.9 Å². The Labute approximate surface area is 161 Å². The lowest BCUT2D eigenvalue weighted by Crippen LogP contribution is -2.31. The van der Waals surface area contributed by atoms with Crippen LogP contribution in [0.3, 0.4) is 0 Å². The minimum Gasteiger partial charge on any atom is -0.483 e. The van der Waals surface area contributed by atoms with Crippen LogP contribution in [0.25, 0.3) is 0 Å². The van der Waals surface area contributed by atoms with E-state index in [0.717, 1.165) is 24.1 Å². The third kappa shape index (κ3) is 2.49. The summed E-state index contributed by atoms with van der Waals surface area (Å²) in [7, 11) is 0. The van der Waals surface area contributed by atoms with Gasteiger partial charge in [-0.2, -0.15) is 0 Å². The average molecular weight is 381 g/mol. The monoisotopic (exact) mass is 380 g/mol. The number of fused-ring (bicyclic) bond motifs is 1. The minimum atomic E-state index is -0.225. The van der Waals surface area contributed by atoms with Crippen molar-refractivity contribution in [2.24, 2.45) is 0 Å². The van der Waals surface area contributed by atoms with Gasteiger partial charge in [0.15, 0.2) is 0 Å². The molecule has 0 radical (unpaired) electrons. The zero-order chi connectivity index (χ0) is 18.5. The molecule has 1 aliphatic carbocycles. The number of ether oxygens (including phenoxy) is 1. The van der Waals surface area contributed by atoms with E-state index in [0.29, 0.717) is 46.9 Å². The minimum absolute atomic E-state index is 0.217. The van der Waals surface area contributed by atoms with Gasteiger partial charge in [-0.05, 0) is 49.9 Å². The first-order chi connectivity index (χ1) is 13.1. The van der Waals surface area contributed by atoms with Gasteiger partial charge in [0.05, 0.1) is 16.4 Å². The summed E-state index contributed by atoms with van der Waals surface area (Å²) < 4.78 is 5.99. The van der Waals surface area contributed by atoms with Crippen LogP contribution >= 0.6 is 11.6 Å². The highest BCUT2D eigenvalue weighted by atomic mass is 35.5. The third-order valence-corrected chi connectivity index (χ3v) is 5.91. The fraction of sp³-hybridized carbons (Fsp3) is 0.286. The molecule has 1 atom stereocenters. The summed E-state index contributed by atoms with van der Waals surface area (Å²) >= 11 is 6.65. The molecule has 3 heterocycles. The van der Waals surface area contributed by atoms with E-state index in [1.54, 1.807) is 18.3 Å². The van der Waals surface area contributed by atoms with Gasteiger partial charge in [0.1, 0.15) is 11.9 Å². The normalized spacial score (nSPS) is 21.4. The number of nitrogens with zero attached hydrogens (tertiary/aromatic N) is 2. The highest BCUT2D eigenvalue weighted by molar-refractivity contribution is 6.39. The molecule has 0 saturated carbocycles. The van der Waals surface area contributed by atoms with Crippen molar-refractivity contribution in [1.29, 1.82) is 0 Å². The molecule has 5 nitrogen and oxygen atoms in total. The van der Waals surface area contributed by atoms with Crippen molar-refractivity contribution in [3.05, 3.63) is 64.0 Å². The molecule has 0 fully saturated rings. The second-order valence-electron chi connectivity index (χ2n) is 7.05. The largest absolute Gasteiger partial charge is 0.483 e. The van der Waals surface area contributed by atoms with Crippen molar-refractivity contribution in [2.45, 2.75) is 38.2 Å². The number of imide groups is 1. The topological polar surface area (TPSA) is 59.5 Å². The Balaban J connectivity index is 1.49. The number of anilines is 1. The number of benzene rings is 1. The fourth-order valence-electron chi connectivity index (χ4n) is 4.13. The van der Waals surface area contributed by atoms with Gasteiger partial charge < -0.3 is 4.74 Å². The number of hydrogen-bond donors (Lipinski definition) is 0. The van der Waals surface area contributed by atoms with Gasteiger partial charge in [-0.3, -0.25) is 14.6 Å². The highest BCUT2D eigenvalue weighted by Gasteiger charge is 2.41. The molecule has 0 saturated heterocycles. The third-order valence-electron chi connectivity index (χ3n) is 5.49. The number of carbonyl (C=O) groups is 2. The molecule has 0 N–H and O–H groups in total. The highest BCUT2D eigenvalue weighted by Crippen LogP contribution is 2.46. The van der Waals surface area contributed by atoms with Crippen LogP contribution in [0.1, 0.15) is 43.0 Å². The molecule has 1 aromatic carbocycles.